The summed E-state index contributed by atoms with van der Waals surface area (Å²) < 4.78 is 0. The third kappa shape index (κ3) is 3.48. The molecule has 0 aromatic heterocycles. The first-order chi connectivity index (χ1) is 10.6. The zero-order valence-corrected chi connectivity index (χ0v) is 13.8. The van der Waals surface area contributed by atoms with Gasteiger partial charge in [-0.25, -0.2) is 0 Å². The van der Waals surface area contributed by atoms with Crippen LogP contribution in [-0.2, 0) is 4.79 Å². The first kappa shape index (κ1) is 15.5. The van der Waals surface area contributed by atoms with E-state index in [0.717, 1.165) is 18.7 Å². The molecule has 0 saturated carbocycles. The number of halogens is 1. The quantitative estimate of drug-likeness (QED) is 0.680. The van der Waals surface area contributed by atoms with E-state index < -0.39 is 0 Å². The summed E-state index contributed by atoms with van der Waals surface area (Å²) in [5.74, 6) is -0.0643. The van der Waals surface area contributed by atoms with E-state index in [1.807, 2.05) is 12.1 Å². The molecule has 116 valence electrons. The van der Waals surface area contributed by atoms with Gasteiger partial charge in [-0.3, -0.25) is 14.6 Å². The van der Waals surface area contributed by atoms with E-state index in [-0.39, 0.29) is 5.91 Å². The second-order valence-electron chi connectivity index (χ2n) is 5.59. The number of nitrogens with zero attached hydrogens (tertiary/aromatic N) is 2. The van der Waals surface area contributed by atoms with E-state index >= 15 is 0 Å². The van der Waals surface area contributed by atoms with Crippen molar-refractivity contribution in [3.8, 4) is 0 Å². The lowest BCUT2D eigenvalue weighted by molar-refractivity contribution is -0.123. The van der Waals surface area contributed by atoms with Crippen molar-refractivity contribution in [2.24, 2.45) is 0 Å². The van der Waals surface area contributed by atoms with Crippen molar-refractivity contribution < 1.29 is 4.79 Å². The summed E-state index contributed by atoms with van der Waals surface area (Å²) in [6, 6.07) is 7.36. The number of amides is 1. The molecule has 0 radical (unpaired) electrons. The molecule has 2 fully saturated rings. The summed E-state index contributed by atoms with van der Waals surface area (Å²) in [6.45, 7) is 2.63. The second kappa shape index (κ2) is 6.77. The van der Waals surface area contributed by atoms with Gasteiger partial charge in [-0.05, 0) is 61.9 Å². The van der Waals surface area contributed by atoms with Crippen LogP contribution in [0.4, 0.5) is 0 Å². The lowest BCUT2D eigenvalue weighted by Crippen LogP contribution is -2.43. The van der Waals surface area contributed by atoms with E-state index in [1.54, 1.807) is 23.1 Å². The molecule has 1 amide bonds. The van der Waals surface area contributed by atoms with Crippen molar-refractivity contribution in [2.75, 3.05) is 19.8 Å². The van der Waals surface area contributed by atoms with Gasteiger partial charge in [-0.1, -0.05) is 30.2 Å². The average molecular weight is 336 g/mol. The van der Waals surface area contributed by atoms with E-state index in [1.165, 1.54) is 19.3 Å². The van der Waals surface area contributed by atoms with Gasteiger partial charge in [0.1, 0.15) is 5.70 Å². The molecule has 1 aromatic carbocycles. The number of rotatable bonds is 3. The normalized spacial score (nSPS) is 21.5. The van der Waals surface area contributed by atoms with Crippen LogP contribution in [0.15, 0.2) is 30.0 Å². The highest BCUT2D eigenvalue weighted by Crippen LogP contribution is 2.18. The van der Waals surface area contributed by atoms with Crippen molar-refractivity contribution in [1.82, 2.24) is 15.1 Å². The predicted octanol–water partition coefficient (Wildman–Crippen LogP) is 2.84. The van der Waals surface area contributed by atoms with Crippen LogP contribution in [0.2, 0.25) is 5.02 Å². The minimum absolute atomic E-state index is 0.0643. The largest absolute Gasteiger partial charge is 0.328 e. The summed E-state index contributed by atoms with van der Waals surface area (Å²) in [7, 11) is 0. The summed E-state index contributed by atoms with van der Waals surface area (Å²) in [5, 5.41) is 4.17. The molecule has 0 atom stereocenters. The van der Waals surface area contributed by atoms with Gasteiger partial charge < -0.3 is 5.32 Å². The highest BCUT2D eigenvalue weighted by atomic mass is 35.5. The Morgan fingerprint density at radius 3 is 2.55 bits per heavy atom. The minimum atomic E-state index is -0.0643. The summed E-state index contributed by atoms with van der Waals surface area (Å²) in [4.78, 5) is 16.4. The summed E-state index contributed by atoms with van der Waals surface area (Å²) >= 11 is 11.2. The van der Waals surface area contributed by atoms with E-state index in [0.29, 0.717) is 22.5 Å². The first-order valence-corrected chi connectivity index (χ1v) is 8.24. The fraction of sp³-hybridized carbons (Fsp3) is 0.375. The van der Waals surface area contributed by atoms with Crippen molar-refractivity contribution >= 4 is 40.9 Å². The molecule has 1 aromatic rings. The lowest BCUT2D eigenvalue weighted by Gasteiger charge is -2.29. The fourth-order valence-corrected chi connectivity index (χ4v) is 3.10. The van der Waals surface area contributed by atoms with Gasteiger partial charge in [-0.15, -0.1) is 0 Å². The molecule has 0 unspecified atom stereocenters. The second-order valence-corrected chi connectivity index (χ2v) is 6.42. The number of hydrogen-bond donors (Lipinski definition) is 1. The molecule has 2 aliphatic heterocycles. The average Bonchev–Trinajstić information content (AvgIpc) is 2.78. The topological polar surface area (TPSA) is 35.6 Å². The molecule has 3 rings (SSSR count). The van der Waals surface area contributed by atoms with Crippen molar-refractivity contribution in [3.63, 3.8) is 0 Å². The molecule has 4 nitrogen and oxygen atoms in total. The zero-order chi connectivity index (χ0) is 15.5. The van der Waals surface area contributed by atoms with Gasteiger partial charge in [0.2, 0.25) is 0 Å². The minimum Gasteiger partial charge on any atom is -0.328 e. The SMILES string of the molecule is O=C1/C(=C/c2ccc(Cl)cc2)NC(=S)N1CN1CCCCC1. The lowest BCUT2D eigenvalue weighted by atomic mass is 10.1. The Kier molecular flexibility index (Phi) is 4.76. The highest BCUT2D eigenvalue weighted by molar-refractivity contribution is 7.80. The fourth-order valence-electron chi connectivity index (χ4n) is 2.73. The van der Waals surface area contributed by atoms with Crippen molar-refractivity contribution in [3.05, 3.63) is 40.5 Å². The molecule has 2 heterocycles. The Bertz CT molecular complexity index is 608. The third-order valence-corrected chi connectivity index (χ3v) is 4.51. The molecular weight excluding hydrogens is 318 g/mol. The van der Waals surface area contributed by atoms with Crippen molar-refractivity contribution in [2.45, 2.75) is 19.3 Å². The Morgan fingerprint density at radius 1 is 1.18 bits per heavy atom. The Hall–Kier alpha value is -1.43. The van der Waals surface area contributed by atoms with Gasteiger partial charge in [0.25, 0.3) is 5.91 Å². The molecule has 0 spiro atoms. The molecule has 0 bridgehead atoms. The van der Waals surface area contributed by atoms with Gasteiger partial charge >= 0.3 is 0 Å². The third-order valence-electron chi connectivity index (χ3n) is 3.93. The molecule has 2 saturated heterocycles. The number of hydrogen-bond acceptors (Lipinski definition) is 3. The number of likely N-dealkylation sites (tertiary alicyclic amines) is 1. The number of benzene rings is 1. The Labute approximate surface area is 140 Å². The number of carbonyl (C=O) groups excluding carboxylic acids is 1. The maximum absolute atomic E-state index is 12.5. The number of nitrogens with one attached hydrogen (secondary N) is 1. The van der Waals surface area contributed by atoms with Crippen LogP contribution in [0, 0.1) is 0 Å². The van der Waals surface area contributed by atoms with Crippen LogP contribution in [0.25, 0.3) is 6.08 Å². The Balaban J connectivity index is 1.71. The zero-order valence-electron chi connectivity index (χ0n) is 12.2. The number of carbonyl (C=O) groups is 1. The van der Waals surface area contributed by atoms with E-state index in [9.17, 15) is 4.79 Å². The number of piperidine rings is 1. The van der Waals surface area contributed by atoms with Crippen LogP contribution >= 0.6 is 23.8 Å². The van der Waals surface area contributed by atoms with Gasteiger partial charge in [-0.2, -0.15) is 0 Å². The van der Waals surface area contributed by atoms with E-state index in [4.69, 9.17) is 23.8 Å². The maximum atomic E-state index is 12.5. The molecule has 1 N–H and O–H groups in total. The number of thiocarbonyl (C=S) groups is 1. The molecule has 6 heteroatoms. The maximum Gasteiger partial charge on any atom is 0.277 e. The van der Waals surface area contributed by atoms with Crippen LogP contribution < -0.4 is 5.32 Å². The molecule has 2 aliphatic rings. The predicted molar refractivity (Wildman–Crippen MR) is 92.3 cm³/mol. The van der Waals surface area contributed by atoms with Gasteiger partial charge in [0.05, 0.1) is 6.67 Å². The Morgan fingerprint density at radius 2 is 1.86 bits per heavy atom. The molecular formula is C16H18ClN3OS. The molecule has 22 heavy (non-hydrogen) atoms. The van der Waals surface area contributed by atoms with Gasteiger partial charge in [0, 0.05) is 5.02 Å². The van der Waals surface area contributed by atoms with Crippen LogP contribution in [0.5, 0.6) is 0 Å². The van der Waals surface area contributed by atoms with Crippen LogP contribution in [0.1, 0.15) is 24.8 Å². The summed E-state index contributed by atoms with van der Waals surface area (Å²) in [5.41, 5.74) is 1.44. The monoisotopic (exact) mass is 335 g/mol. The molecule has 0 aliphatic carbocycles. The standard InChI is InChI=1S/C16H18ClN3OS/c17-13-6-4-12(5-7-13)10-14-15(21)20(16(22)18-14)11-19-8-2-1-3-9-19/h4-7,10H,1-3,8-9,11H2,(H,18,22)/b14-10-. The summed E-state index contributed by atoms with van der Waals surface area (Å²) in [6.07, 6.45) is 5.46. The van der Waals surface area contributed by atoms with Crippen LogP contribution in [-0.4, -0.2) is 40.6 Å². The smallest absolute Gasteiger partial charge is 0.277 e. The van der Waals surface area contributed by atoms with Gasteiger partial charge in [0.15, 0.2) is 5.11 Å². The van der Waals surface area contributed by atoms with Crippen LogP contribution in [0.3, 0.4) is 0 Å². The van der Waals surface area contributed by atoms with E-state index in [2.05, 4.69) is 10.2 Å². The first-order valence-electron chi connectivity index (χ1n) is 7.46. The highest BCUT2D eigenvalue weighted by Gasteiger charge is 2.31. The van der Waals surface area contributed by atoms with Crippen molar-refractivity contribution in [1.29, 1.82) is 0 Å².